The summed E-state index contributed by atoms with van der Waals surface area (Å²) in [4.78, 5) is 2.38. The molecule has 0 saturated carbocycles. The molecule has 0 amide bonds. The van der Waals surface area contributed by atoms with Gasteiger partial charge in [0.25, 0.3) is 0 Å². The van der Waals surface area contributed by atoms with Crippen molar-refractivity contribution < 1.29 is 12.8 Å². The Hall–Kier alpha value is -1.63. The van der Waals surface area contributed by atoms with E-state index in [0.29, 0.717) is 12.5 Å². The molecule has 6 heteroatoms. The molecule has 0 radical (unpaired) electrons. The summed E-state index contributed by atoms with van der Waals surface area (Å²) in [7, 11) is -3.11. The highest BCUT2D eigenvalue weighted by Gasteiger charge is 2.24. The lowest BCUT2D eigenvalue weighted by atomic mass is 10.0. The van der Waals surface area contributed by atoms with Gasteiger partial charge >= 0.3 is 0 Å². The summed E-state index contributed by atoms with van der Waals surface area (Å²) in [6.45, 7) is 5.22. The van der Waals surface area contributed by atoms with Gasteiger partial charge in [-0.3, -0.25) is 4.90 Å². The molecule has 1 fully saturated rings. The van der Waals surface area contributed by atoms with Crippen molar-refractivity contribution in [1.82, 2.24) is 9.62 Å². The molecule has 0 aliphatic carbocycles. The zero-order chi connectivity index (χ0) is 17.2. The lowest BCUT2D eigenvalue weighted by molar-refractivity contribution is 0.317. The second kappa shape index (κ2) is 7.09. The Labute approximate surface area is 143 Å². The highest BCUT2D eigenvalue weighted by molar-refractivity contribution is 7.88. The SMILES string of the molecule is Cc1ccc(-c2ccccc2CN2CCC(CNS(C)(=O)=O)C2)o1. The summed E-state index contributed by atoms with van der Waals surface area (Å²) >= 11 is 0. The average Bonchev–Trinajstić information content (AvgIpc) is 3.14. The summed E-state index contributed by atoms with van der Waals surface area (Å²) in [6.07, 6.45) is 2.23. The average molecular weight is 348 g/mol. The first-order chi connectivity index (χ1) is 11.4. The molecule has 5 nitrogen and oxygen atoms in total. The van der Waals surface area contributed by atoms with Gasteiger partial charge in [0.1, 0.15) is 11.5 Å². The van der Waals surface area contributed by atoms with E-state index in [1.54, 1.807) is 0 Å². The fourth-order valence-corrected chi connectivity index (χ4v) is 3.75. The molecule has 1 N–H and O–H groups in total. The summed E-state index contributed by atoms with van der Waals surface area (Å²) in [5.74, 6) is 2.18. The minimum Gasteiger partial charge on any atom is -0.461 e. The van der Waals surface area contributed by atoms with Crippen molar-refractivity contribution in [3.63, 3.8) is 0 Å². The largest absolute Gasteiger partial charge is 0.461 e. The van der Waals surface area contributed by atoms with Gasteiger partial charge in [-0.25, -0.2) is 13.1 Å². The van der Waals surface area contributed by atoms with Gasteiger partial charge in [-0.05, 0) is 43.5 Å². The second-order valence-electron chi connectivity index (χ2n) is 6.58. The molecule has 1 aliphatic heterocycles. The molecule has 130 valence electrons. The number of rotatable bonds is 6. The minimum absolute atomic E-state index is 0.373. The molecule has 0 bridgehead atoms. The second-order valence-corrected chi connectivity index (χ2v) is 8.41. The van der Waals surface area contributed by atoms with Crippen LogP contribution in [0.4, 0.5) is 0 Å². The maximum atomic E-state index is 11.2. The highest BCUT2D eigenvalue weighted by atomic mass is 32.2. The van der Waals surface area contributed by atoms with E-state index in [9.17, 15) is 8.42 Å². The maximum absolute atomic E-state index is 11.2. The molecule has 1 aromatic heterocycles. The van der Waals surface area contributed by atoms with Crippen molar-refractivity contribution in [2.24, 2.45) is 5.92 Å². The van der Waals surface area contributed by atoms with Crippen LogP contribution in [0.3, 0.4) is 0 Å². The topological polar surface area (TPSA) is 62.6 Å². The number of furan rings is 1. The van der Waals surface area contributed by atoms with Crippen LogP contribution >= 0.6 is 0 Å². The number of hydrogen-bond acceptors (Lipinski definition) is 4. The molecule has 2 aromatic rings. The van der Waals surface area contributed by atoms with Crippen LogP contribution in [0.25, 0.3) is 11.3 Å². The lowest BCUT2D eigenvalue weighted by Crippen LogP contribution is -2.30. The van der Waals surface area contributed by atoms with Gasteiger partial charge in [0.2, 0.25) is 10.0 Å². The third-order valence-corrected chi connectivity index (χ3v) is 5.11. The smallest absolute Gasteiger partial charge is 0.208 e. The monoisotopic (exact) mass is 348 g/mol. The van der Waals surface area contributed by atoms with E-state index in [1.165, 1.54) is 11.8 Å². The van der Waals surface area contributed by atoms with Crippen molar-refractivity contribution in [2.75, 3.05) is 25.9 Å². The molecule has 1 unspecified atom stereocenters. The van der Waals surface area contributed by atoms with Crippen molar-refractivity contribution in [3.8, 4) is 11.3 Å². The van der Waals surface area contributed by atoms with Crippen molar-refractivity contribution in [1.29, 1.82) is 0 Å². The molecule has 1 saturated heterocycles. The molecular weight excluding hydrogens is 324 g/mol. The van der Waals surface area contributed by atoms with E-state index >= 15 is 0 Å². The Balaban J connectivity index is 1.65. The third-order valence-electron chi connectivity index (χ3n) is 4.42. The Morgan fingerprint density at radius 2 is 2.04 bits per heavy atom. The number of nitrogens with one attached hydrogen (secondary N) is 1. The molecule has 2 heterocycles. The molecule has 1 atom stereocenters. The van der Waals surface area contributed by atoms with Gasteiger partial charge < -0.3 is 4.42 Å². The predicted molar refractivity (Wildman–Crippen MR) is 95.1 cm³/mol. The molecule has 3 rings (SSSR count). The fraction of sp³-hybridized carbons (Fsp3) is 0.444. The predicted octanol–water partition coefficient (Wildman–Crippen LogP) is 2.63. The normalized spacial score (nSPS) is 19.0. The van der Waals surface area contributed by atoms with Crippen LogP contribution in [0.15, 0.2) is 40.8 Å². The van der Waals surface area contributed by atoms with Crippen LogP contribution in [0.2, 0.25) is 0 Å². The summed E-state index contributed by atoms with van der Waals surface area (Å²) in [6, 6.07) is 12.3. The minimum atomic E-state index is -3.11. The Bertz CT molecular complexity index is 798. The number of hydrogen-bond donors (Lipinski definition) is 1. The van der Waals surface area contributed by atoms with Crippen LogP contribution in [0, 0.1) is 12.8 Å². The van der Waals surface area contributed by atoms with Crippen LogP contribution < -0.4 is 4.72 Å². The van der Waals surface area contributed by atoms with E-state index in [0.717, 1.165) is 43.1 Å². The molecule has 0 spiro atoms. The summed E-state index contributed by atoms with van der Waals surface area (Å²) in [5.41, 5.74) is 2.37. The van der Waals surface area contributed by atoms with E-state index in [4.69, 9.17) is 4.42 Å². The van der Waals surface area contributed by atoms with E-state index in [2.05, 4.69) is 21.8 Å². The van der Waals surface area contributed by atoms with Crippen molar-refractivity contribution >= 4 is 10.0 Å². The molecule has 24 heavy (non-hydrogen) atoms. The number of aryl methyl sites for hydroxylation is 1. The summed E-state index contributed by atoms with van der Waals surface area (Å²) < 4.78 is 30.9. The molecule has 1 aromatic carbocycles. The fourth-order valence-electron chi connectivity index (χ4n) is 3.21. The lowest BCUT2D eigenvalue weighted by Gasteiger charge is -2.18. The van der Waals surface area contributed by atoms with Crippen LogP contribution in [0.1, 0.15) is 17.7 Å². The maximum Gasteiger partial charge on any atom is 0.208 e. The number of nitrogens with zero attached hydrogens (tertiary/aromatic N) is 1. The zero-order valence-electron chi connectivity index (χ0n) is 14.2. The van der Waals surface area contributed by atoms with E-state index in [1.807, 2.05) is 31.2 Å². The Kier molecular flexibility index (Phi) is 5.08. The Morgan fingerprint density at radius 3 is 2.75 bits per heavy atom. The van der Waals surface area contributed by atoms with Gasteiger partial charge in [-0.2, -0.15) is 0 Å². The Morgan fingerprint density at radius 1 is 1.25 bits per heavy atom. The standard InChI is InChI=1S/C18H24N2O3S/c1-14-7-8-18(23-14)17-6-4-3-5-16(17)13-20-10-9-15(12-20)11-19-24(2,21)22/h3-8,15,19H,9-13H2,1-2H3. The van der Waals surface area contributed by atoms with Gasteiger partial charge in [-0.1, -0.05) is 24.3 Å². The highest BCUT2D eigenvalue weighted by Crippen LogP contribution is 2.28. The molecular formula is C18H24N2O3S. The van der Waals surface area contributed by atoms with Gasteiger partial charge in [0.15, 0.2) is 0 Å². The quantitative estimate of drug-likeness (QED) is 0.872. The van der Waals surface area contributed by atoms with E-state index < -0.39 is 10.0 Å². The van der Waals surface area contributed by atoms with Crippen molar-refractivity contribution in [2.45, 2.75) is 19.9 Å². The number of sulfonamides is 1. The van der Waals surface area contributed by atoms with Gasteiger partial charge in [0.05, 0.1) is 6.26 Å². The summed E-state index contributed by atoms with van der Waals surface area (Å²) in [5, 5.41) is 0. The first-order valence-corrected chi connectivity index (χ1v) is 10.1. The van der Waals surface area contributed by atoms with Crippen LogP contribution in [-0.4, -0.2) is 39.2 Å². The van der Waals surface area contributed by atoms with Crippen molar-refractivity contribution in [3.05, 3.63) is 47.7 Å². The van der Waals surface area contributed by atoms with Gasteiger partial charge in [0, 0.05) is 25.2 Å². The number of benzene rings is 1. The van der Waals surface area contributed by atoms with Crippen LogP contribution in [-0.2, 0) is 16.6 Å². The van der Waals surface area contributed by atoms with Crippen LogP contribution in [0.5, 0.6) is 0 Å². The first-order valence-electron chi connectivity index (χ1n) is 8.22. The first kappa shape index (κ1) is 17.2. The van der Waals surface area contributed by atoms with E-state index in [-0.39, 0.29) is 0 Å². The van der Waals surface area contributed by atoms with Gasteiger partial charge in [-0.15, -0.1) is 0 Å². The molecule has 1 aliphatic rings. The zero-order valence-corrected chi connectivity index (χ0v) is 15.0. The third kappa shape index (κ3) is 4.47. The number of likely N-dealkylation sites (tertiary alicyclic amines) is 1.